The highest BCUT2D eigenvalue weighted by atomic mass is 16.8. The van der Waals surface area contributed by atoms with Gasteiger partial charge < -0.3 is 94.4 Å². The van der Waals surface area contributed by atoms with Crippen molar-refractivity contribution in [1.29, 1.82) is 0 Å². The molecule has 12 N–H and O–H groups in total. The SMILES string of the molecule is OCC1OC(OC2COC(OC3C(CO)OC(O)C(O)C3O)C(O)C2OC2OCC(O)C(O)C2O)C(O)C(O)C1O. The average Bonchev–Trinajstić information content (AvgIpc) is 2.96. The maximum atomic E-state index is 11.2. The molecule has 4 aliphatic rings. The predicted molar refractivity (Wildman–Crippen MR) is 122 cm³/mol. The minimum absolute atomic E-state index is 0.468. The summed E-state index contributed by atoms with van der Waals surface area (Å²) >= 11 is 0. The molecule has 4 rings (SSSR count). The third kappa shape index (κ3) is 6.83. The molecule has 0 aromatic rings. The van der Waals surface area contributed by atoms with E-state index in [1.54, 1.807) is 0 Å². The summed E-state index contributed by atoms with van der Waals surface area (Å²) in [6, 6.07) is 0. The van der Waals surface area contributed by atoms with Crippen LogP contribution in [0.3, 0.4) is 0 Å². The van der Waals surface area contributed by atoms with Gasteiger partial charge in [-0.3, -0.25) is 0 Å². The molecule has 4 aliphatic heterocycles. The molecule has 240 valence electrons. The fourth-order valence-electron chi connectivity index (χ4n) is 4.96. The summed E-state index contributed by atoms with van der Waals surface area (Å²) in [6.07, 6.45) is -30.1. The second-order valence-electron chi connectivity index (χ2n) is 10.2. The molecule has 19 heteroatoms. The standard InChI is InChI=1S/C22H38O19/c23-1-6-10(27)11(28)15(32)22(38-6)39-8-4-36-21(40-17-7(2-24)37-19(34)13(30)12(17)29)16(33)18(8)41-20-14(31)9(26)5(25)3-35-20/h5-34H,1-4H2. The first-order chi connectivity index (χ1) is 19.4. The third-order valence-electron chi connectivity index (χ3n) is 7.44. The molecule has 0 bridgehead atoms. The van der Waals surface area contributed by atoms with E-state index in [2.05, 4.69) is 0 Å². The van der Waals surface area contributed by atoms with E-state index in [-0.39, 0.29) is 0 Å². The average molecular weight is 607 g/mol. The van der Waals surface area contributed by atoms with Crippen LogP contribution in [0.15, 0.2) is 0 Å². The Hall–Kier alpha value is -0.760. The topological polar surface area (TPSA) is 307 Å². The van der Waals surface area contributed by atoms with Gasteiger partial charge in [-0.05, 0) is 0 Å². The molecule has 0 spiro atoms. The van der Waals surface area contributed by atoms with Gasteiger partial charge in [0.1, 0.15) is 85.5 Å². The van der Waals surface area contributed by atoms with Crippen LogP contribution in [0.4, 0.5) is 0 Å². The molecule has 0 aromatic heterocycles. The van der Waals surface area contributed by atoms with E-state index < -0.39 is 137 Å². The van der Waals surface area contributed by atoms with Gasteiger partial charge in [-0.2, -0.15) is 0 Å². The van der Waals surface area contributed by atoms with Crippen LogP contribution in [0, 0.1) is 0 Å². The quantitative estimate of drug-likeness (QED) is 0.122. The molecule has 0 aromatic carbocycles. The lowest BCUT2D eigenvalue weighted by molar-refractivity contribution is -0.381. The molecule has 19 nitrogen and oxygen atoms in total. The van der Waals surface area contributed by atoms with Gasteiger partial charge in [-0.25, -0.2) is 0 Å². The van der Waals surface area contributed by atoms with Crippen LogP contribution < -0.4 is 0 Å². The summed E-state index contributed by atoms with van der Waals surface area (Å²) in [5, 5.41) is 121. The largest absolute Gasteiger partial charge is 0.394 e. The fraction of sp³-hybridized carbons (Fsp3) is 1.00. The lowest BCUT2D eigenvalue weighted by atomic mass is 9.97. The van der Waals surface area contributed by atoms with Crippen molar-refractivity contribution >= 4 is 0 Å². The van der Waals surface area contributed by atoms with Crippen molar-refractivity contribution < 1.29 is 94.4 Å². The van der Waals surface area contributed by atoms with E-state index >= 15 is 0 Å². The van der Waals surface area contributed by atoms with Crippen LogP contribution in [0.25, 0.3) is 0 Å². The number of ether oxygens (including phenoxy) is 7. The summed E-state index contributed by atoms with van der Waals surface area (Å²) < 4.78 is 38.1. The monoisotopic (exact) mass is 606 g/mol. The molecule has 0 radical (unpaired) electrons. The summed E-state index contributed by atoms with van der Waals surface area (Å²) in [4.78, 5) is 0. The fourth-order valence-corrected chi connectivity index (χ4v) is 4.96. The van der Waals surface area contributed by atoms with Crippen molar-refractivity contribution in [2.75, 3.05) is 26.4 Å². The van der Waals surface area contributed by atoms with Gasteiger partial charge in [0.2, 0.25) is 0 Å². The summed E-state index contributed by atoms with van der Waals surface area (Å²) in [5.41, 5.74) is 0. The van der Waals surface area contributed by atoms with E-state index in [0.717, 1.165) is 0 Å². The number of rotatable bonds is 8. The lowest BCUT2D eigenvalue weighted by Gasteiger charge is -2.47. The normalized spacial score (nSPS) is 53.3. The zero-order chi connectivity index (χ0) is 30.2. The molecule has 4 saturated heterocycles. The Kier molecular flexibility index (Phi) is 11.2. The number of hydrogen-bond donors (Lipinski definition) is 12. The van der Waals surface area contributed by atoms with Crippen molar-refractivity contribution in [2.45, 2.75) is 111 Å². The Morgan fingerprint density at radius 1 is 0.488 bits per heavy atom. The number of hydrogen-bond acceptors (Lipinski definition) is 19. The van der Waals surface area contributed by atoms with Crippen LogP contribution in [-0.4, -0.2) is 198 Å². The second kappa shape index (κ2) is 13.9. The van der Waals surface area contributed by atoms with Crippen LogP contribution in [0.2, 0.25) is 0 Å². The van der Waals surface area contributed by atoms with E-state index in [9.17, 15) is 61.3 Å². The van der Waals surface area contributed by atoms with Gasteiger partial charge in [0.05, 0.1) is 26.4 Å². The van der Waals surface area contributed by atoms with Gasteiger partial charge in [0, 0.05) is 0 Å². The molecular weight excluding hydrogens is 568 g/mol. The Morgan fingerprint density at radius 3 is 1.73 bits per heavy atom. The highest BCUT2D eigenvalue weighted by molar-refractivity contribution is 4.95. The summed E-state index contributed by atoms with van der Waals surface area (Å²) in [6.45, 7) is -2.54. The molecule has 4 heterocycles. The van der Waals surface area contributed by atoms with Crippen molar-refractivity contribution in [3.8, 4) is 0 Å². The maximum Gasteiger partial charge on any atom is 0.187 e. The van der Waals surface area contributed by atoms with Crippen molar-refractivity contribution in [2.24, 2.45) is 0 Å². The molecule has 0 amide bonds. The van der Waals surface area contributed by atoms with Crippen molar-refractivity contribution in [1.82, 2.24) is 0 Å². The minimum Gasteiger partial charge on any atom is -0.394 e. The third-order valence-corrected chi connectivity index (χ3v) is 7.44. The predicted octanol–water partition coefficient (Wildman–Crippen LogP) is -8.47. The van der Waals surface area contributed by atoms with Crippen LogP contribution >= 0.6 is 0 Å². The second-order valence-corrected chi connectivity index (χ2v) is 10.2. The molecule has 18 unspecified atom stereocenters. The van der Waals surface area contributed by atoms with E-state index in [1.807, 2.05) is 0 Å². The smallest absolute Gasteiger partial charge is 0.187 e. The number of aliphatic hydroxyl groups is 12. The van der Waals surface area contributed by atoms with Crippen LogP contribution in [0.5, 0.6) is 0 Å². The van der Waals surface area contributed by atoms with Gasteiger partial charge >= 0.3 is 0 Å². The summed E-state index contributed by atoms with van der Waals surface area (Å²) in [7, 11) is 0. The van der Waals surface area contributed by atoms with E-state index in [1.165, 1.54) is 0 Å². The molecule has 0 saturated carbocycles. The van der Waals surface area contributed by atoms with Crippen LogP contribution in [0.1, 0.15) is 0 Å². The van der Waals surface area contributed by atoms with E-state index in [4.69, 9.17) is 33.2 Å². The Bertz CT molecular complexity index is 820. The van der Waals surface area contributed by atoms with E-state index in [0.29, 0.717) is 0 Å². The summed E-state index contributed by atoms with van der Waals surface area (Å²) in [5.74, 6) is 0. The first-order valence-electron chi connectivity index (χ1n) is 12.9. The maximum absolute atomic E-state index is 11.2. The Morgan fingerprint density at radius 2 is 1.07 bits per heavy atom. The van der Waals surface area contributed by atoms with Gasteiger partial charge in [0.25, 0.3) is 0 Å². The van der Waals surface area contributed by atoms with Crippen molar-refractivity contribution in [3.63, 3.8) is 0 Å². The molecular formula is C22H38O19. The van der Waals surface area contributed by atoms with Crippen LogP contribution in [-0.2, 0) is 33.2 Å². The minimum atomic E-state index is -1.89. The Labute approximate surface area is 232 Å². The highest BCUT2D eigenvalue weighted by Gasteiger charge is 2.53. The molecule has 0 aliphatic carbocycles. The van der Waals surface area contributed by atoms with Gasteiger partial charge in [0.15, 0.2) is 25.2 Å². The van der Waals surface area contributed by atoms with Crippen molar-refractivity contribution in [3.05, 3.63) is 0 Å². The Balaban J connectivity index is 1.54. The molecule has 4 fully saturated rings. The lowest BCUT2D eigenvalue weighted by Crippen LogP contribution is -2.65. The molecule has 41 heavy (non-hydrogen) atoms. The first kappa shape index (κ1) is 33.1. The zero-order valence-corrected chi connectivity index (χ0v) is 21.4. The van der Waals surface area contributed by atoms with Gasteiger partial charge in [-0.15, -0.1) is 0 Å². The number of aliphatic hydroxyl groups excluding tert-OH is 12. The first-order valence-corrected chi connectivity index (χ1v) is 12.9. The molecule has 18 atom stereocenters. The highest BCUT2D eigenvalue weighted by Crippen LogP contribution is 2.32. The zero-order valence-electron chi connectivity index (χ0n) is 21.4. The van der Waals surface area contributed by atoms with Gasteiger partial charge in [-0.1, -0.05) is 0 Å².